The SMILES string of the molecule is O=C1N[C@H]2OCC[C@H]2C2(CC3CCC(C2)N3C(=O)/C=C/c2cnc[nH]2)N1. The van der Waals surface area contributed by atoms with Gasteiger partial charge in [-0.1, -0.05) is 0 Å². The predicted molar refractivity (Wildman–Crippen MR) is 92.8 cm³/mol. The number of carbonyl (C=O) groups is 2. The summed E-state index contributed by atoms with van der Waals surface area (Å²) in [6.07, 6.45) is 11.1. The molecule has 5 rings (SSSR count). The first-order valence-corrected chi connectivity index (χ1v) is 9.34. The minimum absolute atomic E-state index is 0.0430. The molecular formula is C18H23N5O3. The van der Waals surface area contributed by atoms with Crippen molar-refractivity contribution in [3.8, 4) is 0 Å². The fourth-order valence-corrected chi connectivity index (χ4v) is 5.44. The average molecular weight is 357 g/mol. The molecular weight excluding hydrogens is 334 g/mol. The van der Waals surface area contributed by atoms with Crippen molar-refractivity contribution in [1.29, 1.82) is 0 Å². The Morgan fingerprint density at radius 2 is 2.12 bits per heavy atom. The molecule has 1 spiro atoms. The van der Waals surface area contributed by atoms with Crippen molar-refractivity contribution in [2.24, 2.45) is 5.92 Å². The van der Waals surface area contributed by atoms with Gasteiger partial charge in [0, 0.05) is 30.7 Å². The number of hydrogen-bond acceptors (Lipinski definition) is 4. The Kier molecular flexibility index (Phi) is 3.56. The second kappa shape index (κ2) is 5.84. The molecule has 26 heavy (non-hydrogen) atoms. The molecule has 3 amide bonds. The van der Waals surface area contributed by atoms with Crippen LogP contribution in [-0.4, -0.2) is 57.3 Å². The molecule has 4 fully saturated rings. The Morgan fingerprint density at radius 1 is 1.31 bits per heavy atom. The van der Waals surface area contributed by atoms with E-state index >= 15 is 0 Å². The molecule has 1 aromatic heterocycles. The van der Waals surface area contributed by atoms with E-state index in [0.29, 0.717) is 6.61 Å². The number of fused-ring (bicyclic) bond motifs is 4. The summed E-state index contributed by atoms with van der Waals surface area (Å²) in [5, 5.41) is 6.12. The van der Waals surface area contributed by atoms with E-state index in [1.54, 1.807) is 24.7 Å². The summed E-state index contributed by atoms with van der Waals surface area (Å²) in [6.45, 7) is 0.684. The van der Waals surface area contributed by atoms with E-state index in [-0.39, 0.29) is 41.7 Å². The Labute approximate surface area is 151 Å². The van der Waals surface area contributed by atoms with Gasteiger partial charge in [0.05, 0.1) is 23.8 Å². The highest BCUT2D eigenvalue weighted by Crippen LogP contribution is 2.48. The van der Waals surface area contributed by atoms with Gasteiger partial charge in [0.2, 0.25) is 5.91 Å². The van der Waals surface area contributed by atoms with E-state index in [9.17, 15) is 9.59 Å². The zero-order chi connectivity index (χ0) is 17.7. The molecule has 0 aromatic carbocycles. The summed E-state index contributed by atoms with van der Waals surface area (Å²) < 4.78 is 5.73. The molecule has 2 bridgehead atoms. The predicted octanol–water partition coefficient (Wildman–Crippen LogP) is 0.990. The molecule has 0 saturated carbocycles. The van der Waals surface area contributed by atoms with Crippen LogP contribution in [0, 0.1) is 5.92 Å². The van der Waals surface area contributed by atoms with Gasteiger partial charge in [0.1, 0.15) is 6.23 Å². The summed E-state index contributed by atoms with van der Waals surface area (Å²) in [6, 6.07) is 0.200. The Bertz CT molecular complexity index is 732. The van der Waals surface area contributed by atoms with E-state index in [1.807, 2.05) is 4.90 Å². The zero-order valence-electron chi connectivity index (χ0n) is 14.5. The first-order valence-electron chi connectivity index (χ1n) is 9.34. The van der Waals surface area contributed by atoms with Crippen LogP contribution in [0.2, 0.25) is 0 Å². The molecule has 4 atom stereocenters. The summed E-state index contributed by atoms with van der Waals surface area (Å²) >= 11 is 0. The topological polar surface area (TPSA) is 99.3 Å². The summed E-state index contributed by atoms with van der Waals surface area (Å²) in [4.78, 5) is 33.9. The molecule has 0 radical (unpaired) electrons. The van der Waals surface area contributed by atoms with Crippen LogP contribution in [0.4, 0.5) is 4.79 Å². The van der Waals surface area contributed by atoms with E-state index < -0.39 is 0 Å². The van der Waals surface area contributed by atoms with Gasteiger partial charge in [-0.3, -0.25) is 4.79 Å². The average Bonchev–Trinajstić information content (AvgIpc) is 3.33. The van der Waals surface area contributed by atoms with Crippen LogP contribution in [0.25, 0.3) is 6.08 Å². The van der Waals surface area contributed by atoms with E-state index in [0.717, 1.165) is 37.8 Å². The first-order chi connectivity index (χ1) is 12.6. The maximum Gasteiger partial charge on any atom is 0.317 e. The molecule has 2 unspecified atom stereocenters. The Hall–Kier alpha value is -2.35. The lowest BCUT2D eigenvalue weighted by atomic mass is 9.71. The number of ether oxygens (including phenoxy) is 1. The van der Waals surface area contributed by atoms with Crippen molar-refractivity contribution >= 4 is 18.0 Å². The number of nitrogens with one attached hydrogen (secondary N) is 3. The number of aromatic nitrogens is 2. The van der Waals surface area contributed by atoms with Crippen molar-refractivity contribution in [3.63, 3.8) is 0 Å². The molecule has 8 nitrogen and oxygen atoms in total. The number of nitrogens with zero attached hydrogens (tertiary/aromatic N) is 2. The zero-order valence-corrected chi connectivity index (χ0v) is 14.5. The molecule has 3 N–H and O–H groups in total. The highest BCUT2D eigenvalue weighted by molar-refractivity contribution is 5.92. The van der Waals surface area contributed by atoms with Crippen molar-refractivity contribution in [2.45, 2.75) is 56.0 Å². The number of aromatic amines is 1. The third-order valence-corrected chi connectivity index (χ3v) is 6.44. The van der Waals surface area contributed by atoms with Gasteiger partial charge >= 0.3 is 6.03 Å². The normalized spacial score (nSPS) is 38.5. The van der Waals surface area contributed by atoms with Gasteiger partial charge in [0.25, 0.3) is 0 Å². The van der Waals surface area contributed by atoms with Crippen molar-refractivity contribution in [3.05, 3.63) is 24.3 Å². The van der Waals surface area contributed by atoms with Gasteiger partial charge in [0.15, 0.2) is 0 Å². The largest absolute Gasteiger partial charge is 0.358 e. The Morgan fingerprint density at radius 3 is 2.85 bits per heavy atom. The smallest absolute Gasteiger partial charge is 0.317 e. The van der Waals surface area contributed by atoms with Crippen molar-refractivity contribution in [1.82, 2.24) is 25.5 Å². The lowest BCUT2D eigenvalue weighted by molar-refractivity contribution is -0.132. The Balaban J connectivity index is 1.36. The van der Waals surface area contributed by atoms with E-state index in [1.165, 1.54) is 0 Å². The quantitative estimate of drug-likeness (QED) is 0.687. The molecule has 5 heterocycles. The van der Waals surface area contributed by atoms with Gasteiger partial charge in [-0.2, -0.15) is 0 Å². The maximum atomic E-state index is 12.8. The number of piperidine rings is 1. The fraction of sp³-hybridized carbons (Fsp3) is 0.611. The molecule has 4 aliphatic heterocycles. The highest BCUT2D eigenvalue weighted by atomic mass is 16.5. The van der Waals surface area contributed by atoms with Gasteiger partial charge in [-0.25, -0.2) is 9.78 Å². The van der Waals surface area contributed by atoms with Crippen LogP contribution in [0.1, 0.15) is 37.8 Å². The van der Waals surface area contributed by atoms with Crippen LogP contribution < -0.4 is 10.6 Å². The number of carbonyl (C=O) groups excluding carboxylic acids is 2. The highest BCUT2D eigenvalue weighted by Gasteiger charge is 2.58. The number of amides is 3. The standard InChI is InChI=1S/C18H23N5O3/c24-15(4-1-11-9-19-10-20-11)23-12-2-3-13(23)8-18(7-12)14-5-6-26-16(14)21-17(25)22-18/h1,4,9-10,12-14,16H,2-3,5-8H2,(H,19,20)(H2,21,22,25)/b4-1+/t12?,13?,14-,16+,18?/m1/s1. The second-order valence-electron chi connectivity index (χ2n) is 7.82. The van der Waals surface area contributed by atoms with Crippen molar-refractivity contribution < 1.29 is 14.3 Å². The number of H-pyrrole nitrogens is 1. The molecule has 4 aliphatic rings. The third kappa shape index (κ3) is 2.43. The second-order valence-corrected chi connectivity index (χ2v) is 7.82. The third-order valence-electron chi connectivity index (χ3n) is 6.44. The number of hydrogen-bond donors (Lipinski definition) is 3. The van der Waals surface area contributed by atoms with Crippen LogP contribution >= 0.6 is 0 Å². The molecule has 4 saturated heterocycles. The van der Waals surface area contributed by atoms with Gasteiger partial charge < -0.3 is 25.3 Å². The first kappa shape index (κ1) is 15.9. The van der Waals surface area contributed by atoms with E-state index in [2.05, 4.69) is 20.6 Å². The minimum Gasteiger partial charge on any atom is -0.358 e. The van der Waals surface area contributed by atoms with Crippen LogP contribution in [0.15, 0.2) is 18.6 Å². The monoisotopic (exact) mass is 357 g/mol. The lowest BCUT2D eigenvalue weighted by Crippen LogP contribution is -2.71. The molecule has 8 heteroatoms. The van der Waals surface area contributed by atoms with Crippen LogP contribution in [0.3, 0.4) is 0 Å². The van der Waals surface area contributed by atoms with Crippen molar-refractivity contribution in [2.75, 3.05) is 6.61 Å². The molecule has 138 valence electrons. The number of urea groups is 1. The van der Waals surface area contributed by atoms with E-state index in [4.69, 9.17) is 4.74 Å². The number of imidazole rings is 1. The number of rotatable bonds is 2. The van der Waals surface area contributed by atoms with Crippen LogP contribution in [0.5, 0.6) is 0 Å². The molecule has 0 aliphatic carbocycles. The van der Waals surface area contributed by atoms with Gasteiger partial charge in [-0.05, 0) is 38.2 Å². The minimum atomic E-state index is -0.251. The van der Waals surface area contributed by atoms with Gasteiger partial charge in [-0.15, -0.1) is 0 Å². The lowest BCUT2D eigenvalue weighted by Gasteiger charge is -2.52. The maximum absolute atomic E-state index is 12.8. The fourth-order valence-electron chi connectivity index (χ4n) is 5.44. The van der Waals surface area contributed by atoms with Crippen LogP contribution in [-0.2, 0) is 9.53 Å². The summed E-state index contributed by atoms with van der Waals surface area (Å²) in [7, 11) is 0. The molecule has 1 aromatic rings. The summed E-state index contributed by atoms with van der Waals surface area (Å²) in [5.74, 6) is 0.322. The summed E-state index contributed by atoms with van der Waals surface area (Å²) in [5.41, 5.74) is 0.565.